The molecule has 0 amide bonds. The van der Waals surface area contributed by atoms with E-state index in [-0.39, 0.29) is 5.60 Å². The summed E-state index contributed by atoms with van der Waals surface area (Å²) in [5.74, 6) is 0.715. The van der Waals surface area contributed by atoms with Gasteiger partial charge >= 0.3 is 0 Å². The molecule has 2 nitrogen and oxygen atoms in total. The van der Waals surface area contributed by atoms with E-state index >= 15 is 0 Å². The Kier molecular flexibility index (Phi) is 5.76. The van der Waals surface area contributed by atoms with Crippen LogP contribution in [0.3, 0.4) is 0 Å². The minimum Gasteiger partial charge on any atom is -0.370 e. The van der Waals surface area contributed by atoms with E-state index < -0.39 is 0 Å². The van der Waals surface area contributed by atoms with Crippen LogP contribution in [0, 0.1) is 5.92 Å². The molecule has 1 saturated heterocycles. The highest BCUT2D eigenvalue weighted by molar-refractivity contribution is 14.1. The summed E-state index contributed by atoms with van der Waals surface area (Å²) in [4.78, 5) is 0. The van der Waals surface area contributed by atoms with Crippen molar-refractivity contribution in [2.24, 2.45) is 5.92 Å². The van der Waals surface area contributed by atoms with Crippen LogP contribution in [0.2, 0.25) is 0 Å². The number of hydrogen-bond donors (Lipinski definition) is 1. The zero-order valence-electron chi connectivity index (χ0n) is 11.9. The van der Waals surface area contributed by atoms with E-state index in [2.05, 4.69) is 41.8 Å². The van der Waals surface area contributed by atoms with E-state index in [0.29, 0.717) is 18.1 Å². The van der Waals surface area contributed by atoms with Crippen LogP contribution in [0.5, 0.6) is 0 Å². The third-order valence-electron chi connectivity index (χ3n) is 4.68. The van der Waals surface area contributed by atoms with Crippen molar-refractivity contribution >= 4 is 22.6 Å². The highest BCUT2D eigenvalue weighted by Crippen LogP contribution is 2.41. The summed E-state index contributed by atoms with van der Waals surface area (Å²) < 4.78 is 7.59. The fourth-order valence-corrected chi connectivity index (χ4v) is 4.68. The second-order valence-corrected chi connectivity index (χ2v) is 7.32. The van der Waals surface area contributed by atoms with Gasteiger partial charge in [-0.15, -0.1) is 0 Å². The van der Waals surface area contributed by atoms with E-state index in [4.69, 9.17) is 4.74 Å². The summed E-state index contributed by atoms with van der Waals surface area (Å²) in [5, 5.41) is 3.70. The standard InChI is InChI=1S/C15H28INO/c1-12(2)14(10-16)17-11-13-6-9-15(18-13)7-4-3-5-8-15/h12-14,17H,3-11H2,1-2H3. The zero-order chi connectivity index (χ0) is 13.0. The number of alkyl halides is 1. The van der Waals surface area contributed by atoms with Gasteiger partial charge in [-0.3, -0.25) is 0 Å². The molecule has 2 atom stereocenters. The molecule has 2 rings (SSSR count). The van der Waals surface area contributed by atoms with Gasteiger partial charge in [-0.2, -0.15) is 0 Å². The van der Waals surface area contributed by atoms with Crippen LogP contribution in [-0.2, 0) is 4.74 Å². The van der Waals surface area contributed by atoms with Crippen LogP contribution in [0.25, 0.3) is 0 Å². The molecule has 0 aromatic rings. The van der Waals surface area contributed by atoms with Crippen molar-refractivity contribution in [1.82, 2.24) is 5.32 Å². The van der Waals surface area contributed by atoms with E-state index in [0.717, 1.165) is 6.54 Å². The third-order valence-corrected chi connectivity index (χ3v) is 5.63. The molecule has 0 radical (unpaired) electrons. The lowest BCUT2D eigenvalue weighted by Crippen LogP contribution is -2.41. The first-order chi connectivity index (χ1) is 8.65. The first-order valence-corrected chi connectivity index (χ1v) is 9.15. The SMILES string of the molecule is CC(C)C(CI)NCC1CCC2(CCCCC2)O1. The van der Waals surface area contributed by atoms with Gasteiger partial charge in [0.05, 0.1) is 11.7 Å². The van der Waals surface area contributed by atoms with Crippen molar-refractivity contribution in [2.45, 2.75) is 76.5 Å². The Bertz CT molecular complexity index is 251. The van der Waals surface area contributed by atoms with E-state index in [1.165, 1.54) is 49.4 Å². The fourth-order valence-electron chi connectivity index (χ4n) is 3.35. The minimum atomic E-state index is 0.280. The van der Waals surface area contributed by atoms with Crippen molar-refractivity contribution in [2.75, 3.05) is 11.0 Å². The van der Waals surface area contributed by atoms with Gasteiger partial charge in [0.2, 0.25) is 0 Å². The molecule has 0 bridgehead atoms. The van der Waals surface area contributed by atoms with Crippen LogP contribution in [0.15, 0.2) is 0 Å². The minimum absolute atomic E-state index is 0.280. The van der Waals surface area contributed by atoms with Gasteiger partial charge in [0.15, 0.2) is 0 Å². The molecular weight excluding hydrogens is 337 g/mol. The number of hydrogen-bond acceptors (Lipinski definition) is 2. The molecule has 18 heavy (non-hydrogen) atoms. The van der Waals surface area contributed by atoms with Gasteiger partial charge in [0.1, 0.15) is 0 Å². The van der Waals surface area contributed by atoms with Crippen molar-refractivity contribution in [3.05, 3.63) is 0 Å². The monoisotopic (exact) mass is 365 g/mol. The maximum absolute atomic E-state index is 6.40. The van der Waals surface area contributed by atoms with Gasteiger partial charge in [-0.25, -0.2) is 0 Å². The van der Waals surface area contributed by atoms with Crippen LogP contribution in [-0.4, -0.2) is 28.7 Å². The van der Waals surface area contributed by atoms with E-state index in [9.17, 15) is 0 Å². The number of rotatable bonds is 5. The largest absolute Gasteiger partial charge is 0.370 e. The lowest BCUT2D eigenvalue weighted by atomic mass is 9.83. The zero-order valence-corrected chi connectivity index (χ0v) is 14.0. The topological polar surface area (TPSA) is 21.3 Å². The summed E-state index contributed by atoms with van der Waals surface area (Å²) in [6.45, 7) is 5.65. The average molecular weight is 365 g/mol. The smallest absolute Gasteiger partial charge is 0.0708 e. The van der Waals surface area contributed by atoms with E-state index in [1.807, 2.05) is 0 Å². The van der Waals surface area contributed by atoms with Crippen molar-refractivity contribution < 1.29 is 4.74 Å². The Balaban J connectivity index is 1.75. The first-order valence-electron chi connectivity index (χ1n) is 7.62. The first kappa shape index (κ1) is 15.0. The van der Waals surface area contributed by atoms with Crippen LogP contribution in [0.4, 0.5) is 0 Å². The van der Waals surface area contributed by atoms with Crippen LogP contribution in [0.1, 0.15) is 58.8 Å². The number of nitrogens with one attached hydrogen (secondary N) is 1. The highest BCUT2D eigenvalue weighted by Gasteiger charge is 2.40. The van der Waals surface area contributed by atoms with Crippen molar-refractivity contribution in [3.8, 4) is 0 Å². The molecule has 2 fully saturated rings. The highest BCUT2D eigenvalue weighted by atomic mass is 127. The van der Waals surface area contributed by atoms with Gasteiger partial charge in [-0.05, 0) is 31.6 Å². The molecule has 1 N–H and O–H groups in total. The predicted octanol–water partition coefficient (Wildman–Crippen LogP) is 3.92. The molecular formula is C15H28INO. The molecule has 0 aromatic heterocycles. The molecule has 1 saturated carbocycles. The molecule has 1 spiro atoms. The second kappa shape index (κ2) is 6.89. The maximum atomic E-state index is 6.40. The van der Waals surface area contributed by atoms with Gasteiger partial charge in [0.25, 0.3) is 0 Å². The van der Waals surface area contributed by atoms with Gasteiger partial charge < -0.3 is 10.1 Å². The van der Waals surface area contributed by atoms with Crippen LogP contribution < -0.4 is 5.32 Å². The van der Waals surface area contributed by atoms with Gasteiger partial charge in [-0.1, -0.05) is 55.7 Å². The molecule has 1 aliphatic heterocycles. The third kappa shape index (κ3) is 3.83. The molecule has 2 unspecified atom stereocenters. The van der Waals surface area contributed by atoms with Gasteiger partial charge in [0, 0.05) is 17.0 Å². The Morgan fingerprint density at radius 1 is 1.22 bits per heavy atom. The predicted molar refractivity (Wildman–Crippen MR) is 85.4 cm³/mol. The Hall–Kier alpha value is 0.650. The Labute approximate surface area is 126 Å². The molecule has 3 heteroatoms. The van der Waals surface area contributed by atoms with Crippen molar-refractivity contribution in [3.63, 3.8) is 0 Å². The summed E-state index contributed by atoms with van der Waals surface area (Å²) >= 11 is 2.48. The normalized spacial score (nSPS) is 29.0. The molecule has 0 aromatic carbocycles. The summed E-state index contributed by atoms with van der Waals surface area (Å²) in [7, 11) is 0. The fraction of sp³-hybridized carbons (Fsp3) is 1.00. The molecule has 1 heterocycles. The lowest BCUT2D eigenvalue weighted by molar-refractivity contribution is -0.0630. The quantitative estimate of drug-likeness (QED) is 0.589. The average Bonchev–Trinajstić information content (AvgIpc) is 2.74. The van der Waals surface area contributed by atoms with E-state index in [1.54, 1.807) is 0 Å². The number of halogens is 1. The summed E-state index contributed by atoms with van der Waals surface area (Å²) in [6, 6.07) is 0.636. The Morgan fingerprint density at radius 2 is 1.94 bits per heavy atom. The lowest BCUT2D eigenvalue weighted by Gasteiger charge is -2.33. The summed E-state index contributed by atoms with van der Waals surface area (Å²) in [5.41, 5.74) is 0.280. The number of ether oxygens (including phenoxy) is 1. The molecule has 1 aliphatic carbocycles. The van der Waals surface area contributed by atoms with Crippen LogP contribution >= 0.6 is 22.6 Å². The molecule has 2 aliphatic rings. The second-order valence-electron chi connectivity index (χ2n) is 6.44. The summed E-state index contributed by atoms with van der Waals surface area (Å²) in [6.07, 6.45) is 9.82. The van der Waals surface area contributed by atoms with Crippen molar-refractivity contribution in [1.29, 1.82) is 0 Å². The molecule has 106 valence electrons. The Morgan fingerprint density at radius 3 is 2.56 bits per heavy atom. The maximum Gasteiger partial charge on any atom is 0.0708 e.